The Morgan fingerprint density at radius 3 is 2.60 bits per heavy atom. The maximum Gasteiger partial charge on any atom is 0.325 e. The van der Waals surface area contributed by atoms with E-state index in [-0.39, 0.29) is 11.5 Å². The molecule has 0 aliphatic carbocycles. The van der Waals surface area contributed by atoms with E-state index in [1.807, 2.05) is 6.07 Å². The van der Waals surface area contributed by atoms with Crippen LogP contribution in [0.2, 0.25) is 0 Å². The Morgan fingerprint density at radius 2 is 2.04 bits per heavy atom. The summed E-state index contributed by atoms with van der Waals surface area (Å²) in [5.74, 6) is -2.80. The third-order valence-electron chi connectivity index (χ3n) is 3.63. The molecule has 1 aromatic carbocycles. The van der Waals surface area contributed by atoms with E-state index in [1.165, 1.54) is 18.2 Å². The lowest BCUT2D eigenvalue weighted by Crippen LogP contribution is -2.50. The average Bonchev–Trinajstić information content (AvgIpc) is 2.57. The van der Waals surface area contributed by atoms with Crippen molar-refractivity contribution in [1.82, 2.24) is 10.6 Å². The maximum absolute atomic E-state index is 13.0. The number of ether oxygens (including phenoxy) is 1. The Hall–Kier alpha value is -2.95. The van der Waals surface area contributed by atoms with Crippen LogP contribution < -0.4 is 10.6 Å². The monoisotopic (exact) mass is 349 g/mol. The van der Waals surface area contributed by atoms with Gasteiger partial charge in [-0.15, -0.1) is 0 Å². The normalized spacial score (nSPS) is 12.6. The van der Waals surface area contributed by atoms with E-state index in [0.29, 0.717) is 0 Å². The van der Waals surface area contributed by atoms with Gasteiger partial charge >= 0.3 is 5.97 Å². The number of rotatable bonds is 7. The molecular formula is C17H20FN3O4. The van der Waals surface area contributed by atoms with Crippen molar-refractivity contribution in [2.24, 2.45) is 5.92 Å². The molecular weight excluding hydrogens is 329 g/mol. The molecule has 1 aromatic rings. The minimum absolute atomic E-state index is 0.0623. The number of carbonyl (C=O) groups is 3. The second-order valence-corrected chi connectivity index (χ2v) is 5.87. The fourth-order valence-corrected chi connectivity index (χ4v) is 1.71. The third-order valence-corrected chi connectivity index (χ3v) is 3.63. The molecule has 2 N–H and O–H groups in total. The van der Waals surface area contributed by atoms with Gasteiger partial charge in [0.05, 0.1) is 6.07 Å². The summed E-state index contributed by atoms with van der Waals surface area (Å²) in [7, 11) is 0. The smallest absolute Gasteiger partial charge is 0.325 e. The quantitative estimate of drug-likeness (QED) is 0.718. The Bertz CT molecular complexity index is 699. The summed E-state index contributed by atoms with van der Waals surface area (Å²) < 4.78 is 17.8. The Balaban J connectivity index is 2.41. The van der Waals surface area contributed by atoms with Crippen molar-refractivity contribution in [2.75, 3.05) is 13.2 Å². The lowest BCUT2D eigenvalue weighted by atomic mass is 9.90. The molecule has 0 unspecified atom stereocenters. The average molecular weight is 349 g/mol. The van der Waals surface area contributed by atoms with Crippen molar-refractivity contribution in [3.8, 4) is 6.07 Å². The van der Waals surface area contributed by atoms with Crippen LogP contribution in [-0.4, -0.2) is 36.5 Å². The van der Waals surface area contributed by atoms with Gasteiger partial charge in [0.1, 0.15) is 17.9 Å². The molecule has 25 heavy (non-hydrogen) atoms. The van der Waals surface area contributed by atoms with E-state index in [1.54, 1.807) is 20.8 Å². The molecule has 0 aliphatic rings. The first kappa shape index (κ1) is 20.1. The van der Waals surface area contributed by atoms with E-state index < -0.39 is 42.3 Å². The summed E-state index contributed by atoms with van der Waals surface area (Å²) in [5, 5.41) is 13.9. The summed E-state index contributed by atoms with van der Waals surface area (Å²) in [5.41, 5.74) is -1.01. The number of carbonyl (C=O) groups excluding carboxylic acids is 3. The zero-order chi connectivity index (χ0) is 19.0. The molecule has 1 atom stereocenters. The highest BCUT2D eigenvalue weighted by Gasteiger charge is 2.30. The predicted octanol–water partition coefficient (Wildman–Crippen LogP) is 1.15. The number of hydrogen-bond acceptors (Lipinski definition) is 5. The molecule has 0 bridgehead atoms. The van der Waals surface area contributed by atoms with Gasteiger partial charge in [0, 0.05) is 5.56 Å². The molecule has 7 nitrogen and oxygen atoms in total. The van der Waals surface area contributed by atoms with Crippen molar-refractivity contribution in [3.63, 3.8) is 0 Å². The lowest BCUT2D eigenvalue weighted by Gasteiger charge is -2.27. The third kappa shape index (κ3) is 6.22. The zero-order valence-electron chi connectivity index (χ0n) is 14.3. The summed E-state index contributed by atoms with van der Waals surface area (Å²) >= 11 is 0. The molecule has 0 fully saturated rings. The molecule has 0 aromatic heterocycles. The molecule has 0 spiro atoms. The SMILES string of the molecule is CC(C)[C@](C)(C#N)NC(=O)COC(=O)CNC(=O)c1cccc(F)c1. The standard InChI is InChI=1S/C17H20FN3O4/c1-11(2)17(3,10-19)21-14(22)9-25-15(23)8-20-16(24)12-5-4-6-13(18)7-12/h4-7,11H,8-9H2,1-3H3,(H,20,24)(H,21,22)/t17-/m0/s1. The van der Waals surface area contributed by atoms with E-state index in [0.717, 1.165) is 6.07 Å². The number of nitrogens with zero attached hydrogens (tertiary/aromatic N) is 1. The first-order chi connectivity index (χ1) is 11.7. The Labute approximate surface area is 145 Å². The number of hydrogen-bond donors (Lipinski definition) is 2. The number of amides is 2. The number of benzene rings is 1. The van der Waals surface area contributed by atoms with Crippen LogP contribution in [0.1, 0.15) is 31.1 Å². The van der Waals surface area contributed by atoms with Crippen molar-refractivity contribution >= 4 is 17.8 Å². The minimum atomic E-state index is -1.07. The minimum Gasteiger partial charge on any atom is -0.454 e. The molecule has 0 saturated heterocycles. The van der Waals surface area contributed by atoms with Gasteiger partial charge in [-0.25, -0.2) is 4.39 Å². The number of nitriles is 1. The number of nitrogens with one attached hydrogen (secondary N) is 2. The van der Waals surface area contributed by atoms with Crippen molar-refractivity contribution in [1.29, 1.82) is 5.26 Å². The summed E-state index contributed by atoms with van der Waals surface area (Å²) in [6, 6.07) is 6.98. The van der Waals surface area contributed by atoms with Gasteiger partial charge in [0.2, 0.25) is 0 Å². The second-order valence-electron chi connectivity index (χ2n) is 5.87. The van der Waals surface area contributed by atoms with Crippen molar-refractivity contribution in [3.05, 3.63) is 35.6 Å². The Morgan fingerprint density at radius 1 is 1.36 bits per heavy atom. The van der Waals surface area contributed by atoms with Gasteiger partial charge in [-0.2, -0.15) is 5.26 Å². The molecule has 8 heteroatoms. The van der Waals surface area contributed by atoms with Crippen molar-refractivity contribution < 1.29 is 23.5 Å². The number of esters is 1. The topological polar surface area (TPSA) is 108 Å². The molecule has 0 heterocycles. The van der Waals surface area contributed by atoms with Crippen LogP contribution in [-0.2, 0) is 14.3 Å². The molecule has 134 valence electrons. The van der Waals surface area contributed by atoms with E-state index >= 15 is 0 Å². The van der Waals surface area contributed by atoms with Crippen molar-refractivity contribution in [2.45, 2.75) is 26.3 Å². The lowest BCUT2D eigenvalue weighted by molar-refractivity contribution is -0.147. The summed E-state index contributed by atoms with van der Waals surface area (Å²) in [6.07, 6.45) is 0. The van der Waals surface area contributed by atoms with Crippen LogP contribution in [0.3, 0.4) is 0 Å². The fraction of sp³-hybridized carbons (Fsp3) is 0.412. The van der Waals surface area contributed by atoms with Gasteiger partial charge in [0.25, 0.3) is 11.8 Å². The summed E-state index contributed by atoms with van der Waals surface area (Å²) in [4.78, 5) is 35.1. The second kappa shape index (κ2) is 8.78. The predicted molar refractivity (Wildman–Crippen MR) is 86.7 cm³/mol. The van der Waals surface area contributed by atoms with Gasteiger partial charge < -0.3 is 15.4 Å². The molecule has 0 aliphatic heterocycles. The van der Waals surface area contributed by atoms with Gasteiger partial charge in [-0.05, 0) is 31.0 Å². The zero-order valence-corrected chi connectivity index (χ0v) is 14.3. The molecule has 2 amide bonds. The van der Waals surface area contributed by atoms with E-state index in [4.69, 9.17) is 10.00 Å². The molecule has 0 saturated carbocycles. The van der Waals surface area contributed by atoms with Crippen LogP contribution in [0.25, 0.3) is 0 Å². The maximum atomic E-state index is 13.0. The van der Waals surface area contributed by atoms with Gasteiger partial charge in [-0.3, -0.25) is 14.4 Å². The van der Waals surface area contributed by atoms with E-state index in [2.05, 4.69) is 10.6 Å². The highest BCUT2D eigenvalue weighted by Crippen LogP contribution is 2.14. The molecule has 1 rings (SSSR count). The van der Waals surface area contributed by atoms with Gasteiger partial charge in [0.15, 0.2) is 6.61 Å². The Kier molecular flexibility index (Phi) is 7.06. The first-order valence-corrected chi connectivity index (χ1v) is 7.59. The van der Waals surface area contributed by atoms with Crippen LogP contribution in [0.4, 0.5) is 4.39 Å². The highest BCUT2D eigenvalue weighted by molar-refractivity contribution is 5.96. The highest BCUT2D eigenvalue weighted by atomic mass is 19.1. The van der Waals surface area contributed by atoms with Crippen LogP contribution >= 0.6 is 0 Å². The molecule has 0 radical (unpaired) electrons. The van der Waals surface area contributed by atoms with Gasteiger partial charge in [-0.1, -0.05) is 19.9 Å². The van der Waals surface area contributed by atoms with Crippen LogP contribution in [0, 0.1) is 23.1 Å². The number of halogens is 1. The summed E-state index contributed by atoms with van der Waals surface area (Å²) in [6.45, 7) is 4.08. The van der Waals surface area contributed by atoms with Crippen LogP contribution in [0.15, 0.2) is 24.3 Å². The van der Waals surface area contributed by atoms with E-state index in [9.17, 15) is 18.8 Å². The fourth-order valence-electron chi connectivity index (χ4n) is 1.71. The largest absolute Gasteiger partial charge is 0.454 e. The first-order valence-electron chi connectivity index (χ1n) is 7.59. The van der Waals surface area contributed by atoms with Crippen LogP contribution in [0.5, 0.6) is 0 Å².